The highest BCUT2D eigenvalue weighted by molar-refractivity contribution is 6.31. The number of halogens is 1. The van der Waals surface area contributed by atoms with E-state index in [2.05, 4.69) is 4.98 Å². The molecule has 0 radical (unpaired) electrons. The average Bonchev–Trinajstić information content (AvgIpc) is 2.56. The molecule has 1 heterocycles. The molecule has 16 heavy (non-hydrogen) atoms. The number of hydrogen-bond acceptors (Lipinski definition) is 3. The Morgan fingerprint density at radius 1 is 1.56 bits per heavy atom. The number of anilines is 1. The highest BCUT2D eigenvalue weighted by atomic mass is 35.5. The van der Waals surface area contributed by atoms with Crippen LogP contribution < -0.4 is 5.73 Å². The third-order valence-corrected chi connectivity index (χ3v) is 2.52. The molecule has 0 atom stereocenters. The number of aromatic amines is 1. The van der Waals surface area contributed by atoms with Gasteiger partial charge in [-0.1, -0.05) is 11.6 Å². The van der Waals surface area contributed by atoms with Crippen molar-refractivity contribution in [3.05, 3.63) is 28.9 Å². The predicted molar refractivity (Wildman–Crippen MR) is 63.7 cm³/mol. The summed E-state index contributed by atoms with van der Waals surface area (Å²) in [6, 6.07) is 5.21. The van der Waals surface area contributed by atoms with Gasteiger partial charge in [0.2, 0.25) is 0 Å². The van der Waals surface area contributed by atoms with Crippen molar-refractivity contribution in [1.82, 2.24) is 4.98 Å². The largest absolute Gasteiger partial charge is 0.461 e. The number of fused-ring (bicyclic) bond motifs is 1. The summed E-state index contributed by atoms with van der Waals surface area (Å²) < 4.78 is 4.89. The van der Waals surface area contributed by atoms with E-state index in [1.165, 1.54) is 0 Å². The number of hydrogen-bond donors (Lipinski definition) is 2. The molecule has 0 aliphatic carbocycles. The summed E-state index contributed by atoms with van der Waals surface area (Å²) in [7, 11) is 0. The maximum atomic E-state index is 11.6. The van der Waals surface area contributed by atoms with Gasteiger partial charge in [0.05, 0.1) is 12.3 Å². The second-order valence-electron chi connectivity index (χ2n) is 3.32. The molecule has 0 spiro atoms. The van der Waals surface area contributed by atoms with Crippen LogP contribution in [0.15, 0.2) is 18.2 Å². The Kier molecular flexibility index (Phi) is 2.75. The van der Waals surface area contributed by atoms with Crippen molar-refractivity contribution in [3.8, 4) is 0 Å². The number of ether oxygens (including phenoxy) is 1. The summed E-state index contributed by atoms with van der Waals surface area (Å²) in [5.41, 5.74) is 7.25. The van der Waals surface area contributed by atoms with E-state index >= 15 is 0 Å². The van der Waals surface area contributed by atoms with E-state index in [1.807, 2.05) is 0 Å². The van der Waals surface area contributed by atoms with Gasteiger partial charge in [-0.2, -0.15) is 0 Å². The van der Waals surface area contributed by atoms with Crippen molar-refractivity contribution in [2.24, 2.45) is 0 Å². The molecule has 0 saturated carbocycles. The molecule has 1 aromatic heterocycles. The van der Waals surface area contributed by atoms with E-state index < -0.39 is 5.97 Å². The Morgan fingerprint density at radius 2 is 2.31 bits per heavy atom. The number of rotatable bonds is 2. The number of benzene rings is 1. The first-order valence-corrected chi connectivity index (χ1v) is 5.25. The van der Waals surface area contributed by atoms with Crippen molar-refractivity contribution in [1.29, 1.82) is 0 Å². The summed E-state index contributed by atoms with van der Waals surface area (Å²) in [5, 5.41) is 1.36. The first-order valence-electron chi connectivity index (χ1n) is 4.87. The van der Waals surface area contributed by atoms with Gasteiger partial charge < -0.3 is 15.5 Å². The zero-order chi connectivity index (χ0) is 11.7. The Morgan fingerprint density at radius 3 is 3.00 bits per heavy atom. The zero-order valence-electron chi connectivity index (χ0n) is 8.71. The second kappa shape index (κ2) is 4.06. The lowest BCUT2D eigenvalue weighted by Gasteiger charge is -1.99. The lowest BCUT2D eigenvalue weighted by atomic mass is 10.2. The molecule has 1 aromatic carbocycles. The molecule has 4 nitrogen and oxygen atoms in total. The number of carbonyl (C=O) groups is 1. The smallest absolute Gasteiger partial charge is 0.356 e. The minimum absolute atomic E-state index is 0.277. The number of carbonyl (C=O) groups excluding carboxylic acids is 1. The quantitative estimate of drug-likeness (QED) is 0.791. The van der Waals surface area contributed by atoms with Gasteiger partial charge in [-0.15, -0.1) is 0 Å². The van der Waals surface area contributed by atoms with E-state index in [1.54, 1.807) is 25.1 Å². The van der Waals surface area contributed by atoms with Crippen LogP contribution >= 0.6 is 11.6 Å². The van der Waals surface area contributed by atoms with Gasteiger partial charge >= 0.3 is 5.97 Å². The maximum Gasteiger partial charge on any atom is 0.356 e. The third-order valence-electron chi connectivity index (χ3n) is 2.28. The van der Waals surface area contributed by atoms with Crippen LogP contribution in [-0.2, 0) is 4.74 Å². The lowest BCUT2D eigenvalue weighted by Crippen LogP contribution is -2.07. The first kappa shape index (κ1) is 10.8. The Bertz CT molecular complexity index is 548. The Balaban J connectivity index is 2.55. The van der Waals surface area contributed by atoms with Crippen LogP contribution in [0.25, 0.3) is 10.9 Å². The van der Waals surface area contributed by atoms with Crippen molar-refractivity contribution in [2.45, 2.75) is 6.92 Å². The molecule has 5 heteroatoms. The van der Waals surface area contributed by atoms with Crippen LogP contribution in [0.4, 0.5) is 5.69 Å². The zero-order valence-corrected chi connectivity index (χ0v) is 9.47. The standard InChI is InChI=1S/C11H11ClN2O2/c1-2-16-11(15)10-9(13)7-4-3-6(12)5-8(7)14-10/h3-5,14H,2,13H2,1H3. The lowest BCUT2D eigenvalue weighted by molar-refractivity contribution is 0.0522. The SMILES string of the molecule is CCOC(=O)c1[nH]c2cc(Cl)ccc2c1N. The molecule has 0 bridgehead atoms. The monoisotopic (exact) mass is 238 g/mol. The van der Waals surface area contributed by atoms with E-state index in [0.29, 0.717) is 17.3 Å². The molecule has 84 valence electrons. The molecule has 2 aromatic rings. The maximum absolute atomic E-state index is 11.6. The predicted octanol–water partition coefficient (Wildman–Crippen LogP) is 2.58. The van der Waals surface area contributed by atoms with E-state index in [0.717, 1.165) is 10.9 Å². The van der Waals surface area contributed by atoms with Crippen molar-refractivity contribution < 1.29 is 9.53 Å². The van der Waals surface area contributed by atoms with Crippen LogP contribution in [0.5, 0.6) is 0 Å². The average molecular weight is 239 g/mol. The van der Waals surface area contributed by atoms with Crippen molar-refractivity contribution in [3.63, 3.8) is 0 Å². The number of H-pyrrole nitrogens is 1. The topological polar surface area (TPSA) is 68.1 Å². The molecule has 0 aliphatic heterocycles. The van der Waals surface area contributed by atoms with Gasteiger partial charge in [0.1, 0.15) is 5.69 Å². The summed E-state index contributed by atoms with van der Waals surface area (Å²) in [6.07, 6.45) is 0. The number of nitrogens with two attached hydrogens (primary N) is 1. The fourth-order valence-corrected chi connectivity index (χ4v) is 1.73. The van der Waals surface area contributed by atoms with Gasteiger partial charge in [0.25, 0.3) is 0 Å². The van der Waals surface area contributed by atoms with Crippen LogP contribution in [0.3, 0.4) is 0 Å². The number of nitrogens with one attached hydrogen (secondary N) is 1. The molecular formula is C11H11ClN2O2. The minimum Gasteiger partial charge on any atom is -0.461 e. The summed E-state index contributed by atoms with van der Waals surface area (Å²) >= 11 is 5.84. The van der Waals surface area contributed by atoms with Gasteiger partial charge in [0.15, 0.2) is 0 Å². The molecule has 0 aliphatic rings. The fraction of sp³-hybridized carbons (Fsp3) is 0.182. The molecule has 0 amide bonds. The van der Waals surface area contributed by atoms with Gasteiger partial charge in [-0.25, -0.2) is 4.79 Å². The summed E-state index contributed by atoms with van der Waals surface area (Å²) in [4.78, 5) is 14.5. The number of nitrogen functional groups attached to an aromatic ring is 1. The Hall–Kier alpha value is -1.68. The molecule has 0 fully saturated rings. The van der Waals surface area contributed by atoms with Crippen LogP contribution in [-0.4, -0.2) is 17.6 Å². The second-order valence-corrected chi connectivity index (χ2v) is 3.76. The van der Waals surface area contributed by atoms with Gasteiger partial charge in [-0.3, -0.25) is 0 Å². The van der Waals surface area contributed by atoms with E-state index in [-0.39, 0.29) is 5.69 Å². The highest BCUT2D eigenvalue weighted by Gasteiger charge is 2.16. The van der Waals surface area contributed by atoms with Gasteiger partial charge in [-0.05, 0) is 25.1 Å². The van der Waals surface area contributed by atoms with Crippen LogP contribution in [0, 0.1) is 0 Å². The molecular weight excluding hydrogens is 228 g/mol. The third kappa shape index (κ3) is 1.72. The minimum atomic E-state index is -0.452. The summed E-state index contributed by atoms with van der Waals surface area (Å²) in [5.74, 6) is -0.452. The molecule has 3 N–H and O–H groups in total. The first-order chi connectivity index (χ1) is 7.63. The van der Waals surface area contributed by atoms with E-state index in [9.17, 15) is 4.79 Å². The highest BCUT2D eigenvalue weighted by Crippen LogP contribution is 2.27. The van der Waals surface area contributed by atoms with Crippen LogP contribution in [0.2, 0.25) is 5.02 Å². The normalized spacial score (nSPS) is 10.6. The van der Waals surface area contributed by atoms with Gasteiger partial charge in [0, 0.05) is 15.9 Å². The molecule has 2 rings (SSSR count). The fourth-order valence-electron chi connectivity index (χ4n) is 1.56. The summed E-state index contributed by atoms with van der Waals surface area (Å²) in [6.45, 7) is 2.06. The van der Waals surface area contributed by atoms with E-state index in [4.69, 9.17) is 22.1 Å². The Labute approximate surface area is 97.3 Å². The number of aromatic nitrogens is 1. The molecule has 0 unspecified atom stereocenters. The molecule has 0 saturated heterocycles. The van der Waals surface area contributed by atoms with Crippen molar-refractivity contribution >= 4 is 34.2 Å². The number of esters is 1. The van der Waals surface area contributed by atoms with Crippen molar-refractivity contribution in [2.75, 3.05) is 12.3 Å². The van der Waals surface area contributed by atoms with Crippen LogP contribution in [0.1, 0.15) is 17.4 Å².